The second kappa shape index (κ2) is 8.06. The normalized spacial score (nSPS) is 10.2. The quantitative estimate of drug-likeness (QED) is 0.650. The van der Waals surface area contributed by atoms with E-state index in [0.717, 1.165) is 0 Å². The van der Waals surface area contributed by atoms with Gasteiger partial charge in [0.2, 0.25) is 0 Å². The zero-order chi connectivity index (χ0) is 17.5. The lowest BCUT2D eigenvalue weighted by Gasteiger charge is -1.99. The van der Waals surface area contributed by atoms with Crippen LogP contribution in [-0.2, 0) is 14.9 Å². The first-order valence-corrected chi connectivity index (χ1v) is 7.64. The molecule has 122 valence electrons. The van der Waals surface area contributed by atoms with Crippen molar-refractivity contribution in [3.05, 3.63) is 65.7 Å². The largest absolute Gasteiger partial charge is 0.478 e. The van der Waals surface area contributed by atoms with Crippen LogP contribution < -0.4 is 0 Å². The van der Waals surface area contributed by atoms with Crippen LogP contribution in [0, 0.1) is 0 Å². The Balaban J connectivity index is 0.000000238. The fourth-order valence-electron chi connectivity index (χ4n) is 1.49. The van der Waals surface area contributed by atoms with Gasteiger partial charge in [-0.1, -0.05) is 24.3 Å². The van der Waals surface area contributed by atoms with Gasteiger partial charge in [0.05, 0.1) is 23.1 Å². The van der Waals surface area contributed by atoms with Crippen LogP contribution in [0.15, 0.2) is 59.5 Å². The van der Waals surface area contributed by atoms with Crippen LogP contribution in [0.5, 0.6) is 0 Å². The van der Waals surface area contributed by atoms with E-state index >= 15 is 0 Å². The molecule has 2 N–H and O–H groups in total. The summed E-state index contributed by atoms with van der Waals surface area (Å²) in [5.74, 6) is -1.60. The monoisotopic (exact) mass is 338 g/mol. The number of rotatable bonds is 3. The van der Waals surface area contributed by atoms with E-state index in [-0.39, 0.29) is 16.0 Å². The van der Waals surface area contributed by atoms with Gasteiger partial charge >= 0.3 is 11.9 Å². The van der Waals surface area contributed by atoms with E-state index in [0.29, 0.717) is 0 Å². The molecule has 7 nitrogen and oxygen atoms in total. The van der Waals surface area contributed by atoms with E-state index in [9.17, 15) is 18.0 Å². The first-order valence-electron chi connectivity index (χ1n) is 6.20. The van der Waals surface area contributed by atoms with E-state index in [1.807, 2.05) is 0 Å². The van der Waals surface area contributed by atoms with Crippen molar-refractivity contribution in [3.8, 4) is 0 Å². The lowest BCUT2D eigenvalue weighted by Crippen LogP contribution is -2.03. The van der Waals surface area contributed by atoms with Crippen LogP contribution in [0.4, 0.5) is 0 Å². The SMILES string of the molecule is COC(=O)c1cccc(C(=O)O)c1.O=S(=O)(O)c1ccccc1. The molecular formula is C15H14O7S. The average molecular weight is 338 g/mol. The van der Waals surface area contributed by atoms with Crippen molar-refractivity contribution < 1.29 is 32.4 Å². The molecule has 2 aromatic rings. The Kier molecular flexibility index (Phi) is 6.43. The number of carbonyl (C=O) groups excluding carboxylic acids is 1. The molecule has 0 aromatic heterocycles. The maximum atomic E-state index is 11.0. The topological polar surface area (TPSA) is 118 Å². The minimum Gasteiger partial charge on any atom is -0.478 e. The molecular weight excluding hydrogens is 324 g/mol. The number of carboxylic acid groups (broad SMARTS) is 1. The zero-order valence-corrected chi connectivity index (χ0v) is 12.9. The van der Waals surface area contributed by atoms with Gasteiger partial charge in [-0.15, -0.1) is 0 Å². The highest BCUT2D eigenvalue weighted by atomic mass is 32.2. The van der Waals surface area contributed by atoms with Crippen LogP contribution in [0.25, 0.3) is 0 Å². The number of hydrogen-bond acceptors (Lipinski definition) is 5. The standard InChI is InChI=1S/C9H8O4.C6H6O3S/c1-13-9(12)7-4-2-3-6(5-7)8(10)11;7-10(8,9)6-4-2-1-3-5-6/h2-5H,1H3,(H,10,11);1-5H,(H,7,8,9). The highest BCUT2D eigenvalue weighted by Gasteiger charge is 2.08. The smallest absolute Gasteiger partial charge is 0.337 e. The first-order chi connectivity index (χ1) is 10.8. The summed E-state index contributed by atoms with van der Waals surface area (Å²) in [5.41, 5.74) is 0.310. The Hall–Kier alpha value is -2.71. The Morgan fingerprint density at radius 3 is 1.96 bits per heavy atom. The molecule has 23 heavy (non-hydrogen) atoms. The van der Waals surface area contributed by atoms with Gasteiger partial charge in [0.25, 0.3) is 10.1 Å². The maximum absolute atomic E-state index is 11.0. The maximum Gasteiger partial charge on any atom is 0.337 e. The zero-order valence-electron chi connectivity index (χ0n) is 12.0. The number of methoxy groups -OCH3 is 1. The number of carbonyl (C=O) groups is 2. The summed E-state index contributed by atoms with van der Waals surface area (Å²) >= 11 is 0. The summed E-state index contributed by atoms with van der Waals surface area (Å²) in [4.78, 5) is 21.4. The van der Waals surface area contributed by atoms with Crippen molar-refractivity contribution in [1.29, 1.82) is 0 Å². The number of aromatic carboxylic acids is 1. The predicted molar refractivity (Wildman–Crippen MR) is 81.0 cm³/mol. The average Bonchev–Trinajstić information content (AvgIpc) is 2.55. The van der Waals surface area contributed by atoms with Crippen LogP contribution in [0.1, 0.15) is 20.7 Å². The summed E-state index contributed by atoms with van der Waals surface area (Å²) in [6.45, 7) is 0. The third-order valence-corrected chi connectivity index (χ3v) is 3.44. The summed E-state index contributed by atoms with van der Waals surface area (Å²) in [6, 6.07) is 13.1. The van der Waals surface area contributed by atoms with Gasteiger partial charge in [0.1, 0.15) is 0 Å². The number of carboxylic acids is 1. The van der Waals surface area contributed by atoms with Gasteiger partial charge in [-0.3, -0.25) is 4.55 Å². The van der Waals surface area contributed by atoms with Crippen molar-refractivity contribution in [2.75, 3.05) is 7.11 Å². The molecule has 0 heterocycles. The molecule has 8 heteroatoms. The first kappa shape index (κ1) is 18.3. The van der Waals surface area contributed by atoms with E-state index in [4.69, 9.17) is 9.66 Å². The Morgan fingerprint density at radius 1 is 0.957 bits per heavy atom. The van der Waals surface area contributed by atoms with Crippen molar-refractivity contribution in [3.63, 3.8) is 0 Å². The number of esters is 1. The lowest BCUT2D eigenvalue weighted by molar-refractivity contribution is 0.0600. The molecule has 0 radical (unpaired) electrons. The van der Waals surface area contributed by atoms with Crippen molar-refractivity contribution in [2.24, 2.45) is 0 Å². The van der Waals surface area contributed by atoms with Gasteiger partial charge in [-0.25, -0.2) is 9.59 Å². The van der Waals surface area contributed by atoms with Gasteiger partial charge in [-0.05, 0) is 30.3 Å². The van der Waals surface area contributed by atoms with Crippen molar-refractivity contribution in [2.45, 2.75) is 4.90 Å². The third kappa shape index (κ3) is 5.89. The fourth-order valence-corrected chi connectivity index (χ4v) is 1.99. The third-order valence-electron chi connectivity index (χ3n) is 2.57. The summed E-state index contributed by atoms with van der Waals surface area (Å²) in [6.07, 6.45) is 0. The molecule has 0 saturated heterocycles. The molecule has 0 bridgehead atoms. The second-order valence-corrected chi connectivity index (χ2v) is 5.59. The molecule has 0 aliphatic carbocycles. The number of benzene rings is 2. The van der Waals surface area contributed by atoms with Gasteiger partial charge in [0.15, 0.2) is 0 Å². The fraction of sp³-hybridized carbons (Fsp3) is 0.0667. The molecule has 2 rings (SSSR count). The summed E-state index contributed by atoms with van der Waals surface area (Å²) < 4.78 is 33.7. The van der Waals surface area contributed by atoms with Gasteiger partial charge in [-0.2, -0.15) is 8.42 Å². The minimum absolute atomic E-state index is 0.0721. The molecule has 0 spiro atoms. The van der Waals surface area contributed by atoms with Crippen LogP contribution in [0.2, 0.25) is 0 Å². The van der Waals surface area contributed by atoms with Gasteiger partial charge < -0.3 is 9.84 Å². The van der Waals surface area contributed by atoms with Gasteiger partial charge in [0, 0.05) is 0 Å². The minimum atomic E-state index is -4.00. The van der Waals surface area contributed by atoms with E-state index in [1.54, 1.807) is 18.2 Å². The second-order valence-electron chi connectivity index (χ2n) is 4.17. The van der Waals surface area contributed by atoms with E-state index in [1.165, 1.54) is 43.5 Å². The highest BCUT2D eigenvalue weighted by molar-refractivity contribution is 7.85. The highest BCUT2D eigenvalue weighted by Crippen LogP contribution is 2.06. The Labute approximate surface area is 132 Å². The van der Waals surface area contributed by atoms with Crippen molar-refractivity contribution >= 4 is 22.1 Å². The molecule has 0 atom stereocenters. The Bertz CT molecular complexity index is 782. The molecule has 0 saturated carbocycles. The summed E-state index contributed by atoms with van der Waals surface area (Å²) in [5, 5.41) is 8.61. The van der Waals surface area contributed by atoms with Crippen LogP contribution in [0.3, 0.4) is 0 Å². The van der Waals surface area contributed by atoms with Crippen LogP contribution in [-0.4, -0.2) is 37.1 Å². The number of ether oxygens (including phenoxy) is 1. The molecule has 2 aromatic carbocycles. The van der Waals surface area contributed by atoms with E-state index in [2.05, 4.69) is 4.74 Å². The Morgan fingerprint density at radius 2 is 1.52 bits per heavy atom. The lowest BCUT2D eigenvalue weighted by atomic mass is 10.1. The predicted octanol–water partition coefficient (Wildman–Crippen LogP) is 2.10. The molecule has 0 aliphatic heterocycles. The van der Waals surface area contributed by atoms with E-state index < -0.39 is 22.1 Å². The molecule has 0 aliphatic rings. The van der Waals surface area contributed by atoms with Crippen LogP contribution >= 0.6 is 0 Å². The molecule has 0 amide bonds. The molecule has 0 fully saturated rings. The summed E-state index contributed by atoms with van der Waals surface area (Å²) in [7, 11) is -2.76. The molecule has 0 unspecified atom stereocenters. The van der Waals surface area contributed by atoms with Crippen molar-refractivity contribution in [1.82, 2.24) is 0 Å². The number of hydrogen-bond donors (Lipinski definition) is 2.